The van der Waals surface area contributed by atoms with Gasteiger partial charge in [0.05, 0.1) is 12.0 Å². The molecular weight excluding hydrogens is 240 g/mol. The lowest BCUT2D eigenvalue weighted by Crippen LogP contribution is -2.44. The molecule has 0 atom stereocenters. The molecule has 3 N–H and O–H groups in total. The van der Waals surface area contributed by atoms with E-state index in [0.717, 1.165) is 25.3 Å². The molecule has 0 aliphatic heterocycles. The van der Waals surface area contributed by atoms with E-state index in [1.807, 2.05) is 20.8 Å². The van der Waals surface area contributed by atoms with Crippen LogP contribution in [0.1, 0.15) is 33.6 Å². The van der Waals surface area contributed by atoms with E-state index in [1.165, 1.54) is 0 Å². The van der Waals surface area contributed by atoms with Crippen molar-refractivity contribution in [1.29, 1.82) is 0 Å². The van der Waals surface area contributed by atoms with E-state index in [0.29, 0.717) is 12.6 Å². The number of amides is 1. The van der Waals surface area contributed by atoms with E-state index >= 15 is 0 Å². The van der Waals surface area contributed by atoms with Gasteiger partial charge in [0.1, 0.15) is 0 Å². The molecule has 0 radical (unpaired) electrons. The fourth-order valence-electron chi connectivity index (χ4n) is 1.94. The van der Waals surface area contributed by atoms with E-state index in [9.17, 15) is 4.79 Å². The molecule has 1 amide bonds. The van der Waals surface area contributed by atoms with Crippen LogP contribution in [0, 0.1) is 5.41 Å². The van der Waals surface area contributed by atoms with Crippen molar-refractivity contribution < 1.29 is 4.79 Å². The maximum absolute atomic E-state index is 11.7. The topological polar surface area (TPSA) is 65.5 Å². The van der Waals surface area contributed by atoms with Crippen LogP contribution in [-0.4, -0.2) is 38.0 Å². The van der Waals surface area contributed by atoms with Gasteiger partial charge in [0.15, 0.2) is 5.96 Å². The number of hydrogen-bond donors (Lipinski definition) is 3. The van der Waals surface area contributed by atoms with Crippen molar-refractivity contribution in [2.24, 2.45) is 10.4 Å². The van der Waals surface area contributed by atoms with Gasteiger partial charge in [-0.15, -0.1) is 0 Å². The summed E-state index contributed by atoms with van der Waals surface area (Å²) in [5.41, 5.74) is -0.495. The van der Waals surface area contributed by atoms with Crippen LogP contribution in [0.2, 0.25) is 0 Å². The van der Waals surface area contributed by atoms with Crippen LogP contribution < -0.4 is 16.0 Å². The predicted molar refractivity (Wildman–Crippen MR) is 79.1 cm³/mol. The summed E-state index contributed by atoms with van der Waals surface area (Å²) >= 11 is 0. The Morgan fingerprint density at radius 3 is 2.53 bits per heavy atom. The zero-order chi connectivity index (χ0) is 14.3. The number of aliphatic imine (C=N–C) groups is 1. The Morgan fingerprint density at radius 1 is 1.37 bits per heavy atom. The molecular formula is C14H26N4O. The molecule has 0 fully saturated rings. The van der Waals surface area contributed by atoms with E-state index in [4.69, 9.17) is 0 Å². The minimum absolute atomic E-state index is 0.00892. The van der Waals surface area contributed by atoms with Crippen LogP contribution in [-0.2, 0) is 4.79 Å². The molecule has 0 aromatic heterocycles. The van der Waals surface area contributed by atoms with Crippen molar-refractivity contribution in [3.63, 3.8) is 0 Å². The summed E-state index contributed by atoms with van der Waals surface area (Å²) in [4.78, 5) is 16.2. The van der Waals surface area contributed by atoms with Crippen molar-refractivity contribution in [2.45, 2.75) is 39.7 Å². The largest absolute Gasteiger partial charge is 0.359 e. The number of guanidine groups is 1. The number of nitrogens with one attached hydrogen (secondary N) is 3. The van der Waals surface area contributed by atoms with E-state index < -0.39 is 5.41 Å². The van der Waals surface area contributed by atoms with Crippen molar-refractivity contribution in [1.82, 2.24) is 16.0 Å². The second-order valence-corrected chi connectivity index (χ2v) is 5.44. The lowest BCUT2D eigenvalue weighted by Gasteiger charge is -2.22. The summed E-state index contributed by atoms with van der Waals surface area (Å²) in [7, 11) is 1.65. The molecule has 0 bridgehead atoms. The average Bonchev–Trinajstić information content (AvgIpc) is 2.88. The summed E-state index contributed by atoms with van der Waals surface area (Å²) in [6.07, 6.45) is 6.41. The highest BCUT2D eigenvalue weighted by atomic mass is 16.2. The maximum Gasteiger partial charge on any atom is 0.227 e. The summed E-state index contributed by atoms with van der Waals surface area (Å²) in [5.74, 6) is 0.794. The maximum atomic E-state index is 11.7. The van der Waals surface area contributed by atoms with Gasteiger partial charge in [-0.3, -0.25) is 9.79 Å². The van der Waals surface area contributed by atoms with Gasteiger partial charge in [0, 0.05) is 19.6 Å². The standard InChI is InChI=1S/C14H26N4O/c1-5-16-13(18-11-8-6-7-9-11)17-10-14(2,3)12(19)15-4/h6-7,11H,5,8-10H2,1-4H3,(H,15,19)(H2,16,17,18). The molecule has 0 aromatic rings. The summed E-state index contributed by atoms with van der Waals surface area (Å²) in [6.45, 7) is 7.11. The number of carbonyl (C=O) groups is 1. The van der Waals surface area contributed by atoms with Gasteiger partial charge < -0.3 is 16.0 Å². The molecule has 19 heavy (non-hydrogen) atoms. The molecule has 0 saturated carbocycles. The summed E-state index contributed by atoms with van der Waals surface area (Å²) in [5, 5.41) is 9.28. The monoisotopic (exact) mass is 266 g/mol. The molecule has 1 rings (SSSR count). The average molecular weight is 266 g/mol. The van der Waals surface area contributed by atoms with Crippen LogP contribution in [0.15, 0.2) is 17.1 Å². The quantitative estimate of drug-likeness (QED) is 0.396. The zero-order valence-corrected chi connectivity index (χ0v) is 12.4. The molecule has 5 nitrogen and oxygen atoms in total. The van der Waals surface area contributed by atoms with Gasteiger partial charge in [-0.05, 0) is 33.6 Å². The van der Waals surface area contributed by atoms with Gasteiger partial charge in [-0.2, -0.15) is 0 Å². The van der Waals surface area contributed by atoms with Crippen molar-refractivity contribution in [3.05, 3.63) is 12.2 Å². The van der Waals surface area contributed by atoms with Crippen molar-refractivity contribution >= 4 is 11.9 Å². The first-order valence-electron chi connectivity index (χ1n) is 6.91. The third-order valence-corrected chi connectivity index (χ3v) is 3.17. The fraction of sp³-hybridized carbons (Fsp3) is 0.714. The van der Waals surface area contributed by atoms with Gasteiger partial charge in [-0.25, -0.2) is 0 Å². The number of nitrogens with zero attached hydrogens (tertiary/aromatic N) is 1. The lowest BCUT2D eigenvalue weighted by atomic mass is 9.93. The van der Waals surface area contributed by atoms with E-state index in [1.54, 1.807) is 7.05 Å². The molecule has 1 aliphatic carbocycles. The molecule has 1 aliphatic rings. The second-order valence-electron chi connectivity index (χ2n) is 5.44. The van der Waals surface area contributed by atoms with Gasteiger partial charge in [0.2, 0.25) is 5.91 Å². The third kappa shape index (κ3) is 4.93. The van der Waals surface area contributed by atoms with Crippen LogP contribution in [0.4, 0.5) is 0 Å². The SMILES string of the molecule is CCNC(=NCC(C)(C)C(=O)NC)NC1CC=CC1. The van der Waals surface area contributed by atoms with Gasteiger partial charge in [0.25, 0.3) is 0 Å². The van der Waals surface area contributed by atoms with Gasteiger partial charge >= 0.3 is 0 Å². The molecule has 0 heterocycles. The Hall–Kier alpha value is -1.52. The normalized spacial score (nSPS) is 16.5. The highest BCUT2D eigenvalue weighted by Crippen LogP contribution is 2.15. The van der Waals surface area contributed by atoms with Crippen molar-refractivity contribution in [2.75, 3.05) is 20.1 Å². The number of carbonyl (C=O) groups excluding carboxylic acids is 1. The van der Waals surface area contributed by atoms with Crippen LogP contribution in [0.25, 0.3) is 0 Å². The minimum atomic E-state index is -0.495. The lowest BCUT2D eigenvalue weighted by molar-refractivity contribution is -0.128. The van der Waals surface area contributed by atoms with Gasteiger partial charge in [-0.1, -0.05) is 12.2 Å². The van der Waals surface area contributed by atoms with Crippen LogP contribution in [0.5, 0.6) is 0 Å². The molecule has 5 heteroatoms. The number of rotatable bonds is 5. The van der Waals surface area contributed by atoms with E-state index in [2.05, 4.69) is 33.1 Å². The second kappa shape index (κ2) is 7.16. The Bertz CT molecular complexity index is 352. The molecule has 0 unspecified atom stereocenters. The fourth-order valence-corrected chi connectivity index (χ4v) is 1.94. The van der Waals surface area contributed by atoms with Crippen LogP contribution >= 0.6 is 0 Å². The Kier molecular flexibility index (Phi) is 5.86. The zero-order valence-electron chi connectivity index (χ0n) is 12.4. The first-order valence-corrected chi connectivity index (χ1v) is 6.91. The first kappa shape index (κ1) is 15.5. The Morgan fingerprint density at radius 2 is 2.00 bits per heavy atom. The summed E-state index contributed by atoms with van der Waals surface area (Å²) in [6, 6.07) is 0.418. The molecule has 0 spiro atoms. The van der Waals surface area contributed by atoms with E-state index in [-0.39, 0.29) is 5.91 Å². The highest BCUT2D eigenvalue weighted by molar-refractivity contribution is 5.83. The smallest absolute Gasteiger partial charge is 0.227 e. The van der Waals surface area contributed by atoms with Crippen LogP contribution in [0.3, 0.4) is 0 Å². The molecule has 108 valence electrons. The highest BCUT2D eigenvalue weighted by Gasteiger charge is 2.26. The Labute approximate surface area is 115 Å². The molecule has 0 aromatic carbocycles. The van der Waals surface area contributed by atoms with Crippen molar-refractivity contribution in [3.8, 4) is 0 Å². The minimum Gasteiger partial charge on any atom is -0.359 e. The predicted octanol–water partition coefficient (Wildman–Crippen LogP) is 1.03. The Balaban J connectivity index is 2.59. The number of hydrogen-bond acceptors (Lipinski definition) is 2. The summed E-state index contributed by atoms with van der Waals surface area (Å²) < 4.78 is 0. The third-order valence-electron chi connectivity index (χ3n) is 3.17. The first-order chi connectivity index (χ1) is 8.99. The molecule has 0 saturated heterocycles.